The van der Waals surface area contributed by atoms with Crippen molar-refractivity contribution in [2.24, 2.45) is 0 Å². The van der Waals surface area contributed by atoms with Crippen molar-refractivity contribution in [1.29, 1.82) is 0 Å². The van der Waals surface area contributed by atoms with Crippen LogP contribution in [0.4, 0.5) is 0 Å². The van der Waals surface area contributed by atoms with Crippen LogP contribution in [0.1, 0.15) is 45.5 Å². The summed E-state index contributed by atoms with van der Waals surface area (Å²) in [5.41, 5.74) is 1.88. The lowest BCUT2D eigenvalue weighted by Crippen LogP contribution is -2.43. The molecule has 2 amide bonds. The van der Waals surface area contributed by atoms with Gasteiger partial charge in [-0.15, -0.1) is 0 Å². The summed E-state index contributed by atoms with van der Waals surface area (Å²) in [5.74, 6) is -1.34. The Morgan fingerprint density at radius 3 is 2.35 bits per heavy atom. The van der Waals surface area contributed by atoms with E-state index >= 15 is 0 Å². The minimum absolute atomic E-state index is 0.338. The van der Waals surface area contributed by atoms with Crippen molar-refractivity contribution in [2.45, 2.75) is 32.3 Å². The summed E-state index contributed by atoms with van der Waals surface area (Å²) in [7, 11) is 0. The van der Waals surface area contributed by atoms with Crippen LogP contribution in [0.25, 0.3) is 0 Å². The first-order valence-electron chi connectivity index (χ1n) is 8.74. The van der Waals surface area contributed by atoms with Crippen LogP contribution < -0.4 is 0 Å². The van der Waals surface area contributed by atoms with Gasteiger partial charge in [-0.05, 0) is 50.5 Å². The minimum atomic E-state index is -0.932. The second-order valence-electron chi connectivity index (χ2n) is 6.42. The Kier molecular flexibility index (Phi) is 5.46. The quantitative estimate of drug-likeness (QED) is 0.628. The van der Waals surface area contributed by atoms with Gasteiger partial charge in [0.25, 0.3) is 11.8 Å². The topological polar surface area (TPSA) is 63.7 Å². The molecule has 1 heterocycles. The van der Waals surface area contributed by atoms with E-state index in [-0.39, 0.29) is 5.91 Å². The second kappa shape index (κ2) is 7.95. The Hall–Kier alpha value is -2.95. The molecule has 0 radical (unpaired) electrons. The van der Waals surface area contributed by atoms with Gasteiger partial charge in [0, 0.05) is 12.1 Å². The smallest absolute Gasteiger partial charge is 0.338 e. The molecule has 0 bridgehead atoms. The van der Waals surface area contributed by atoms with Crippen LogP contribution in [0.2, 0.25) is 0 Å². The van der Waals surface area contributed by atoms with Gasteiger partial charge in [0.1, 0.15) is 0 Å². The first kappa shape index (κ1) is 17.9. The van der Waals surface area contributed by atoms with Gasteiger partial charge in [0.15, 0.2) is 6.10 Å². The first-order valence-corrected chi connectivity index (χ1v) is 8.74. The standard InChI is InChI=1S/C21H21NO4/c1-15-10-12-17(13-11-15)21(25)26-18-9-5-6-14-22(20(18)24)19(23)16-7-3-2-4-8-16/h2-4,7-8,10-13,18H,5-6,9,14H2,1H3/t18-/m0/s1. The van der Waals surface area contributed by atoms with Gasteiger partial charge < -0.3 is 4.74 Å². The Morgan fingerprint density at radius 2 is 1.65 bits per heavy atom. The third-order valence-electron chi connectivity index (χ3n) is 4.44. The molecule has 0 aromatic heterocycles. The van der Waals surface area contributed by atoms with E-state index in [1.807, 2.05) is 25.1 Å². The van der Waals surface area contributed by atoms with Crippen LogP contribution in [0.15, 0.2) is 54.6 Å². The fraction of sp³-hybridized carbons (Fsp3) is 0.286. The summed E-state index contributed by atoms with van der Waals surface area (Å²) < 4.78 is 5.44. The highest BCUT2D eigenvalue weighted by atomic mass is 16.5. The number of esters is 1. The number of carbonyl (C=O) groups is 3. The van der Waals surface area contributed by atoms with Crippen LogP contribution in [0, 0.1) is 6.92 Å². The molecule has 134 valence electrons. The molecule has 5 nitrogen and oxygen atoms in total. The predicted octanol–water partition coefficient (Wildman–Crippen LogP) is 3.37. The lowest BCUT2D eigenvalue weighted by Gasteiger charge is -2.22. The number of benzene rings is 2. The molecule has 26 heavy (non-hydrogen) atoms. The number of hydrogen-bond acceptors (Lipinski definition) is 4. The van der Waals surface area contributed by atoms with Gasteiger partial charge in [-0.1, -0.05) is 35.9 Å². The summed E-state index contributed by atoms with van der Waals surface area (Å²) >= 11 is 0. The van der Waals surface area contributed by atoms with Gasteiger partial charge in [0.2, 0.25) is 0 Å². The van der Waals surface area contributed by atoms with Gasteiger partial charge >= 0.3 is 5.97 Å². The molecule has 0 N–H and O–H groups in total. The number of amides is 2. The van der Waals surface area contributed by atoms with Crippen molar-refractivity contribution in [1.82, 2.24) is 4.90 Å². The lowest BCUT2D eigenvalue weighted by atomic mass is 10.1. The number of imide groups is 1. The third kappa shape index (κ3) is 3.99. The Morgan fingerprint density at radius 1 is 0.962 bits per heavy atom. The van der Waals surface area contributed by atoms with Crippen LogP contribution in [0.3, 0.4) is 0 Å². The van der Waals surface area contributed by atoms with Crippen LogP contribution >= 0.6 is 0 Å². The molecular formula is C21H21NO4. The van der Waals surface area contributed by atoms with E-state index in [0.717, 1.165) is 12.0 Å². The number of ether oxygens (including phenoxy) is 1. The average Bonchev–Trinajstić information content (AvgIpc) is 2.84. The Labute approximate surface area is 152 Å². The van der Waals surface area contributed by atoms with E-state index in [0.29, 0.717) is 30.5 Å². The highest BCUT2D eigenvalue weighted by molar-refractivity contribution is 6.06. The van der Waals surface area contributed by atoms with Crippen molar-refractivity contribution in [3.05, 3.63) is 71.3 Å². The number of likely N-dealkylation sites (tertiary alicyclic amines) is 1. The summed E-state index contributed by atoms with van der Waals surface area (Å²) in [6.45, 7) is 2.27. The van der Waals surface area contributed by atoms with Gasteiger partial charge in [-0.2, -0.15) is 0 Å². The van der Waals surface area contributed by atoms with Crippen molar-refractivity contribution in [3.63, 3.8) is 0 Å². The zero-order chi connectivity index (χ0) is 18.5. The third-order valence-corrected chi connectivity index (χ3v) is 4.44. The number of rotatable bonds is 3. The first-order chi connectivity index (χ1) is 12.6. The number of aryl methyl sites for hydroxylation is 1. The van der Waals surface area contributed by atoms with E-state index in [2.05, 4.69) is 0 Å². The molecule has 2 aromatic carbocycles. The predicted molar refractivity (Wildman–Crippen MR) is 96.7 cm³/mol. The van der Waals surface area contributed by atoms with Gasteiger partial charge in [-0.3, -0.25) is 14.5 Å². The molecule has 0 saturated carbocycles. The van der Waals surface area contributed by atoms with E-state index in [9.17, 15) is 14.4 Å². The van der Waals surface area contributed by atoms with Gasteiger partial charge in [0.05, 0.1) is 5.56 Å². The van der Waals surface area contributed by atoms with Crippen LogP contribution in [0.5, 0.6) is 0 Å². The summed E-state index contributed by atoms with van der Waals surface area (Å²) in [5, 5.41) is 0. The number of nitrogens with zero attached hydrogens (tertiary/aromatic N) is 1. The van der Waals surface area contributed by atoms with E-state index < -0.39 is 18.0 Å². The SMILES string of the molecule is Cc1ccc(C(=O)O[C@H]2CCCCN(C(=O)c3ccccc3)C2=O)cc1. The largest absolute Gasteiger partial charge is 0.449 e. The number of carbonyl (C=O) groups excluding carboxylic acids is 3. The van der Waals surface area contributed by atoms with E-state index in [1.165, 1.54) is 4.90 Å². The normalized spacial score (nSPS) is 17.5. The molecule has 1 aliphatic rings. The lowest BCUT2D eigenvalue weighted by molar-refractivity contribution is -0.137. The molecule has 0 unspecified atom stereocenters. The molecule has 1 saturated heterocycles. The highest BCUT2D eigenvalue weighted by Gasteiger charge is 2.34. The monoisotopic (exact) mass is 351 g/mol. The Bertz CT molecular complexity index is 799. The summed E-state index contributed by atoms with van der Waals surface area (Å²) in [6.07, 6.45) is 0.910. The van der Waals surface area contributed by atoms with E-state index in [1.54, 1.807) is 36.4 Å². The molecule has 1 aliphatic heterocycles. The van der Waals surface area contributed by atoms with Crippen molar-refractivity contribution >= 4 is 17.8 Å². The molecule has 1 atom stereocenters. The van der Waals surface area contributed by atoms with Crippen molar-refractivity contribution in [3.8, 4) is 0 Å². The maximum atomic E-state index is 12.8. The molecule has 1 fully saturated rings. The zero-order valence-electron chi connectivity index (χ0n) is 14.7. The fourth-order valence-electron chi connectivity index (χ4n) is 2.94. The molecule has 0 aliphatic carbocycles. The van der Waals surface area contributed by atoms with Crippen LogP contribution in [-0.2, 0) is 9.53 Å². The van der Waals surface area contributed by atoms with Crippen LogP contribution in [-0.4, -0.2) is 35.3 Å². The molecule has 0 spiro atoms. The Balaban J connectivity index is 1.75. The summed E-state index contributed by atoms with van der Waals surface area (Å²) in [6, 6.07) is 15.6. The molecule has 2 aromatic rings. The second-order valence-corrected chi connectivity index (χ2v) is 6.42. The number of hydrogen-bond donors (Lipinski definition) is 0. The minimum Gasteiger partial charge on any atom is -0.449 e. The molecule has 3 rings (SSSR count). The average molecular weight is 351 g/mol. The maximum Gasteiger partial charge on any atom is 0.338 e. The van der Waals surface area contributed by atoms with Crippen molar-refractivity contribution in [2.75, 3.05) is 6.54 Å². The zero-order valence-corrected chi connectivity index (χ0v) is 14.7. The molecule has 5 heteroatoms. The van der Waals surface area contributed by atoms with Gasteiger partial charge in [-0.25, -0.2) is 4.79 Å². The summed E-state index contributed by atoms with van der Waals surface area (Å²) in [4.78, 5) is 39.0. The molecular weight excluding hydrogens is 330 g/mol. The van der Waals surface area contributed by atoms with Crippen molar-refractivity contribution < 1.29 is 19.1 Å². The fourth-order valence-corrected chi connectivity index (χ4v) is 2.94. The highest BCUT2D eigenvalue weighted by Crippen LogP contribution is 2.19. The van der Waals surface area contributed by atoms with E-state index in [4.69, 9.17) is 4.74 Å². The maximum absolute atomic E-state index is 12.8.